The number of primary amides is 1. The predicted octanol–water partition coefficient (Wildman–Crippen LogP) is 3.42. The second-order valence-corrected chi connectivity index (χ2v) is 7.50. The van der Waals surface area contributed by atoms with Crippen LogP contribution in [0, 0.1) is 18.3 Å². The molecule has 0 aliphatic carbocycles. The van der Waals surface area contributed by atoms with Crippen LogP contribution in [-0.2, 0) is 12.7 Å². The SMILES string of the molecule is Cc1c(NC(=O)c2cc(C(N)=O)nc3ccccc23)c(C(F)(F)F)nn1Cc1ccncc1C#N. The Morgan fingerprint density at radius 2 is 1.97 bits per heavy atom. The van der Waals surface area contributed by atoms with Gasteiger partial charge < -0.3 is 11.1 Å². The fourth-order valence-corrected chi connectivity index (χ4v) is 3.54. The molecule has 3 aromatic heterocycles. The summed E-state index contributed by atoms with van der Waals surface area (Å²) in [6.07, 6.45) is -2.17. The van der Waals surface area contributed by atoms with Crippen molar-refractivity contribution in [2.24, 2.45) is 5.73 Å². The molecule has 2 amide bonds. The summed E-state index contributed by atoms with van der Waals surface area (Å²) in [5.74, 6) is -1.80. The van der Waals surface area contributed by atoms with Crippen LogP contribution in [0.3, 0.4) is 0 Å². The highest BCUT2D eigenvalue weighted by atomic mass is 19.4. The number of rotatable bonds is 5. The molecular formula is C23H16F3N7O2. The first kappa shape index (κ1) is 23.4. The van der Waals surface area contributed by atoms with Gasteiger partial charge in [0.25, 0.3) is 11.8 Å². The molecule has 35 heavy (non-hydrogen) atoms. The Labute approximate surface area is 196 Å². The maximum Gasteiger partial charge on any atom is 0.437 e. The molecule has 4 rings (SSSR count). The number of hydrogen-bond donors (Lipinski definition) is 2. The van der Waals surface area contributed by atoms with Gasteiger partial charge in [-0.25, -0.2) is 4.98 Å². The normalized spacial score (nSPS) is 11.3. The Bertz CT molecular complexity index is 1520. The van der Waals surface area contributed by atoms with E-state index in [0.717, 1.165) is 10.7 Å². The number of benzene rings is 1. The van der Waals surface area contributed by atoms with Gasteiger partial charge in [0.1, 0.15) is 11.8 Å². The summed E-state index contributed by atoms with van der Waals surface area (Å²) in [5, 5.41) is 15.5. The van der Waals surface area contributed by atoms with Gasteiger partial charge in [0.05, 0.1) is 34.6 Å². The molecule has 1 aromatic carbocycles. The fourth-order valence-electron chi connectivity index (χ4n) is 3.54. The van der Waals surface area contributed by atoms with Gasteiger partial charge in [-0.05, 0) is 30.7 Å². The maximum absolute atomic E-state index is 13.8. The van der Waals surface area contributed by atoms with Crippen molar-refractivity contribution in [3.63, 3.8) is 0 Å². The Hall–Kier alpha value is -4.79. The molecule has 0 radical (unpaired) electrons. The first-order chi connectivity index (χ1) is 16.6. The summed E-state index contributed by atoms with van der Waals surface area (Å²) in [6, 6.07) is 10.9. The third-order valence-electron chi connectivity index (χ3n) is 5.28. The first-order valence-corrected chi connectivity index (χ1v) is 10.1. The Morgan fingerprint density at radius 1 is 1.23 bits per heavy atom. The average Bonchev–Trinajstić information content (AvgIpc) is 3.14. The number of fused-ring (bicyclic) bond motifs is 1. The molecule has 0 saturated heterocycles. The summed E-state index contributed by atoms with van der Waals surface area (Å²) in [7, 11) is 0. The van der Waals surface area contributed by atoms with E-state index in [-0.39, 0.29) is 34.6 Å². The number of amides is 2. The number of hydrogen-bond acceptors (Lipinski definition) is 6. The van der Waals surface area contributed by atoms with Crippen LogP contribution in [0.1, 0.15) is 43.4 Å². The Morgan fingerprint density at radius 3 is 2.66 bits per heavy atom. The summed E-state index contributed by atoms with van der Waals surface area (Å²) in [5.41, 5.74) is 4.06. The molecule has 12 heteroatoms. The predicted molar refractivity (Wildman–Crippen MR) is 118 cm³/mol. The van der Waals surface area contributed by atoms with E-state index in [9.17, 15) is 28.0 Å². The van der Waals surface area contributed by atoms with Gasteiger partial charge in [0.2, 0.25) is 0 Å². The van der Waals surface area contributed by atoms with Gasteiger partial charge in [0, 0.05) is 17.8 Å². The monoisotopic (exact) mass is 479 g/mol. The standard InChI is InChI=1S/C23H16F3N7O2/c1-12-19(20(23(24,25)26)32-33(12)11-13-6-7-29-10-14(13)9-27)31-22(35)16-8-18(21(28)34)30-17-5-3-2-4-15(16)17/h2-8,10H,11H2,1H3,(H2,28,34)(H,31,35). The molecule has 4 aromatic rings. The second kappa shape index (κ2) is 8.86. The number of carbonyl (C=O) groups is 2. The minimum Gasteiger partial charge on any atom is -0.364 e. The Kier molecular flexibility index (Phi) is 5.92. The minimum atomic E-state index is -4.88. The van der Waals surface area contributed by atoms with Crippen LogP contribution in [0.25, 0.3) is 10.9 Å². The summed E-state index contributed by atoms with van der Waals surface area (Å²) < 4.78 is 42.6. The molecule has 3 heterocycles. The lowest BCUT2D eigenvalue weighted by Crippen LogP contribution is -2.19. The largest absolute Gasteiger partial charge is 0.437 e. The molecular weight excluding hydrogens is 463 g/mol. The average molecular weight is 479 g/mol. The van der Waals surface area contributed by atoms with Gasteiger partial charge in [0.15, 0.2) is 5.69 Å². The third-order valence-corrected chi connectivity index (χ3v) is 5.28. The molecule has 0 fully saturated rings. The zero-order valence-corrected chi connectivity index (χ0v) is 18.1. The number of pyridine rings is 2. The van der Waals surface area contributed by atoms with E-state index in [1.165, 1.54) is 25.4 Å². The Balaban J connectivity index is 1.79. The van der Waals surface area contributed by atoms with E-state index in [1.54, 1.807) is 24.3 Å². The van der Waals surface area contributed by atoms with Crippen molar-refractivity contribution in [2.45, 2.75) is 19.6 Å². The lowest BCUT2D eigenvalue weighted by molar-refractivity contribution is -0.140. The first-order valence-electron chi connectivity index (χ1n) is 10.1. The molecule has 3 N–H and O–H groups in total. The van der Waals surface area contributed by atoms with Gasteiger partial charge in [-0.1, -0.05) is 18.2 Å². The van der Waals surface area contributed by atoms with Crippen molar-refractivity contribution in [3.8, 4) is 6.07 Å². The zero-order chi connectivity index (χ0) is 25.3. The number of anilines is 1. The van der Waals surface area contributed by atoms with Crippen molar-refractivity contribution in [1.82, 2.24) is 19.7 Å². The number of para-hydroxylation sites is 1. The van der Waals surface area contributed by atoms with Gasteiger partial charge in [-0.3, -0.25) is 19.3 Å². The molecule has 0 aliphatic heterocycles. The van der Waals surface area contributed by atoms with Crippen LogP contribution in [-0.4, -0.2) is 31.6 Å². The molecule has 0 bridgehead atoms. The molecule has 0 spiro atoms. The van der Waals surface area contributed by atoms with Crippen LogP contribution >= 0.6 is 0 Å². The molecule has 176 valence electrons. The van der Waals surface area contributed by atoms with Crippen molar-refractivity contribution in [3.05, 3.63) is 82.6 Å². The number of nitrogens with zero attached hydrogens (tertiary/aromatic N) is 5. The van der Waals surface area contributed by atoms with Crippen LogP contribution in [0.15, 0.2) is 48.8 Å². The molecule has 0 atom stereocenters. The van der Waals surface area contributed by atoms with E-state index in [2.05, 4.69) is 20.4 Å². The van der Waals surface area contributed by atoms with Crippen LogP contribution < -0.4 is 11.1 Å². The van der Waals surface area contributed by atoms with Crippen LogP contribution in [0.4, 0.5) is 18.9 Å². The number of nitrogens with one attached hydrogen (secondary N) is 1. The van der Waals surface area contributed by atoms with E-state index in [0.29, 0.717) is 10.9 Å². The number of alkyl halides is 3. The topological polar surface area (TPSA) is 140 Å². The minimum absolute atomic E-state index is 0.0138. The van der Waals surface area contributed by atoms with Crippen molar-refractivity contribution >= 4 is 28.4 Å². The van der Waals surface area contributed by atoms with Gasteiger partial charge >= 0.3 is 6.18 Å². The zero-order valence-electron chi connectivity index (χ0n) is 18.1. The van der Waals surface area contributed by atoms with Crippen LogP contribution in [0.2, 0.25) is 0 Å². The molecule has 0 aliphatic rings. The van der Waals surface area contributed by atoms with E-state index in [4.69, 9.17) is 5.73 Å². The molecule has 0 unspecified atom stereocenters. The van der Waals surface area contributed by atoms with Crippen LogP contribution in [0.5, 0.6) is 0 Å². The summed E-state index contributed by atoms with van der Waals surface area (Å²) >= 11 is 0. The van der Waals surface area contributed by atoms with Gasteiger partial charge in [-0.15, -0.1) is 0 Å². The maximum atomic E-state index is 13.8. The summed E-state index contributed by atoms with van der Waals surface area (Å²) in [4.78, 5) is 32.8. The van der Waals surface area contributed by atoms with E-state index in [1.807, 2.05) is 6.07 Å². The number of halogens is 3. The lowest BCUT2D eigenvalue weighted by atomic mass is 10.1. The fraction of sp³-hybridized carbons (Fsp3) is 0.130. The highest BCUT2D eigenvalue weighted by Crippen LogP contribution is 2.36. The number of nitriles is 1. The smallest absolute Gasteiger partial charge is 0.364 e. The van der Waals surface area contributed by atoms with E-state index < -0.39 is 29.4 Å². The number of carbonyl (C=O) groups excluding carboxylic acids is 2. The molecule has 9 nitrogen and oxygen atoms in total. The number of nitrogens with two attached hydrogens (primary N) is 1. The quantitative estimate of drug-likeness (QED) is 0.450. The second-order valence-electron chi connectivity index (χ2n) is 7.50. The van der Waals surface area contributed by atoms with Crippen molar-refractivity contribution in [1.29, 1.82) is 5.26 Å². The highest BCUT2D eigenvalue weighted by Gasteiger charge is 2.39. The lowest BCUT2D eigenvalue weighted by Gasteiger charge is -2.11. The van der Waals surface area contributed by atoms with Crippen molar-refractivity contribution in [2.75, 3.05) is 5.32 Å². The highest BCUT2D eigenvalue weighted by molar-refractivity contribution is 6.14. The van der Waals surface area contributed by atoms with Crippen molar-refractivity contribution < 1.29 is 22.8 Å². The summed E-state index contributed by atoms with van der Waals surface area (Å²) in [6.45, 7) is 1.21. The molecule has 0 saturated carbocycles. The van der Waals surface area contributed by atoms with E-state index >= 15 is 0 Å². The van der Waals surface area contributed by atoms with Gasteiger partial charge in [-0.2, -0.15) is 23.5 Å². The number of aromatic nitrogens is 4. The third kappa shape index (κ3) is 4.51.